The predicted molar refractivity (Wildman–Crippen MR) is 122 cm³/mol. The standard InChI is InChI=1S/C21H29BrN6O2/c1-13-10-16(15(3)28(13)5-4-27-6-8-30-9-7-27)20-25-19-18(23-11-14(2)29)17(22)12-24-21(19)26-20/h10,12,14,29H,4-9,11H2,1-3H3,(H2,23,24,25,26)/t14-/m1/s1. The Morgan fingerprint density at radius 2 is 2.07 bits per heavy atom. The number of rotatable bonds is 7. The number of H-pyrrole nitrogens is 1. The van der Waals surface area contributed by atoms with Crippen LogP contribution in [0.1, 0.15) is 18.3 Å². The van der Waals surface area contributed by atoms with Gasteiger partial charge in [-0.1, -0.05) is 0 Å². The Kier molecular flexibility index (Phi) is 6.43. The van der Waals surface area contributed by atoms with Gasteiger partial charge in [0.2, 0.25) is 0 Å². The molecular weight excluding hydrogens is 448 g/mol. The number of hydrogen-bond donors (Lipinski definition) is 3. The number of morpholine rings is 1. The third-order valence-electron chi connectivity index (χ3n) is 5.62. The summed E-state index contributed by atoms with van der Waals surface area (Å²) < 4.78 is 8.64. The van der Waals surface area contributed by atoms with Crippen molar-refractivity contribution in [1.29, 1.82) is 0 Å². The van der Waals surface area contributed by atoms with E-state index in [2.05, 4.69) is 60.6 Å². The molecule has 0 amide bonds. The summed E-state index contributed by atoms with van der Waals surface area (Å²) in [4.78, 5) is 15.1. The molecule has 30 heavy (non-hydrogen) atoms. The van der Waals surface area contributed by atoms with Crippen molar-refractivity contribution in [3.63, 3.8) is 0 Å². The number of pyridine rings is 1. The number of aromatic nitrogens is 4. The smallest absolute Gasteiger partial charge is 0.180 e. The SMILES string of the molecule is Cc1cc(-c2nc3ncc(Br)c(NC[C@@H](C)O)c3[nH]2)c(C)n1CCN1CCOCC1. The number of nitrogens with one attached hydrogen (secondary N) is 2. The Bertz CT molecular complexity index is 1020. The summed E-state index contributed by atoms with van der Waals surface area (Å²) in [6.45, 7) is 12.1. The van der Waals surface area contributed by atoms with Crippen molar-refractivity contribution in [2.24, 2.45) is 0 Å². The van der Waals surface area contributed by atoms with Crippen molar-refractivity contribution in [2.45, 2.75) is 33.4 Å². The number of nitrogens with zero attached hydrogens (tertiary/aromatic N) is 4. The number of aromatic amines is 1. The van der Waals surface area contributed by atoms with Crippen LogP contribution >= 0.6 is 15.9 Å². The third kappa shape index (κ3) is 4.39. The average molecular weight is 477 g/mol. The predicted octanol–water partition coefficient (Wildman–Crippen LogP) is 2.93. The van der Waals surface area contributed by atoms with E-state index in [1.807, 2.05) is 0 Å². The van der Waals surface area contributed by atoms with Gasteiger partial charge in [-0.15, -0.1) is 0 Å². The van der Waals surface area contributed by atoms with Crippen LogP contribution in [0.2, 0.25) is 0 Å². The number of fused-ring (bicyclic) bond motifs is 1. The molecule has 1 aliphatic heterocycles. The first-order valence-electron chi connectivity index (χ1n) is 10.4. The fraction of sp³-hybridized carbons (Fsp3) is 0.524. The van der Waals surface area contributed by atoms with Gasteiger partial charge >= 0.3 is 0 Å². The summed E-state index contributed by atoms with van der Waals surface area (Å²) in [6, 6.07) is 2.18. The topological polar surface area (TPSA) is 91.2 Å². The second kappa shape index (κ2) is 9.05. The number of imidazole rings is 1. The first kappa shape index (κ1) is 21.3. The van der Waals surface area contributed by atoms with Crippen LogP contribution in [0.5, 0.6) is 0 Å². The minimum absolute atomic E-state index is 0.447. The van der Waals surface area contributed by atoms with Gasteiger partial charge < -0.3 is 24.7 Å². The Balaban J connectivity index is 1.61. The number of ether oxygens (including phenoxy) is 1. The molecule has 0 aliphatic carbocycles. The summed E-state index contributed by atoms with van der Waals surface area (Å²) in [7, 11) is 0. The molecule has 1 fully saturated rings. The molecule has 4 rings (SSSR count). The maximum atomic E-state index is 9.64. The van der Waals surface area contributed by atoms with E-state index < -0.39 is 6.10 Å². The van der Waals surface area contributed by atoms with E-state index in [1.165, 1.54) is 11.4 Å². The summed E-state index contributed by atoms with van der Waals surface area (Å²) in [6.07, 6.45) is 1.29. The lowest BCUT2D eigenvalue weighted by atomic mass is 10.2. The first-order valence-corrected chi connectivity index (χ1v) is 11.2. The second-order valence-corrected chi connectivity index (χ2v) is 8.74. The zero-order valence-electron chi connectivity index (χ0n) is 17.7. The number of aliphatic hydroxyl groups excluding tert-OH is 1. The highest BCUT2D eigenvalue weighted by Gasteiger charge is 2.18. The van der Waals surface area contributed by atoms with E-state index in [0.717, 1.165) is 66.5 Å². The van der Waals surface area contributed by atoms with Gasteiger partial charge in [-0.3, -0.25) is 4.90 Å². The van der Waals surface area contributed by atoms with E-state index in [-0.39, 0.29) is 0 Å². The third-order valence-corrected chi connectivity index (χ3v) is 6.22. The number of anilines is 1. The summed E-state index contributed by atoms with van der Waals surface area (Å²) in [5, 5.41) is 12.9. The molecule has 4 heterocycles. The quantitative estimate of drug-likeness (QED) is 0.485. The van der Waals surface area contributed by atoms with E-state index in [9.17, 15) is 5.11 Å². The molecule has 3 aromatic rings. The van der Waals surface area contributed by atoms with Crippen LogP contribution in [0, 0.1) is 13.8 Å². The Hall–Kier alpha value is -1.94. The lowest BCUT2D eigenvalue weighted by molar-refractivity contribution is 0.0363. The number of halogens is 1. The largest absolute Gasteiger partial charge is 0.392 e. The van der Waals surface area contributed by atoms with Gasteiger partial charge in [0.25, 0.3) is 0 Å². The lowest BCUT2D eigenvalue weighted by Crippen LogP contribution is -2.38. The highest BCUT2D eigenvalue weighted by Crippen LogP contribution is 2.32. The van der Waals surface area contributed by atoms with Gasteiger partial charge in [0, 0.05) is 55.9 Å². The van der Waals surface area contributed by atoms with Crippen LogP contribution in [0.25, 0.3) is 22.6 Å². The maximum Gasteiger partial charge on any atom is 0.180 e. The monoisotopic (exact) mass is 476 g/mol. The molecule has 0 spiro atoms. The average Bonchev–Trinajstić information content (AvgIpc) is 3.27. The van der Waals surface area contributed by atoms with Crippen LogP contribution in [0.3, 0.4) is 0 Å². The molecule has 0 unspecified atom stereocenters. The van der Waals surface area contributed by atoms with Crippen molar-refractivity contribution in [1.82, 2.24) is 24.4 Å². The Morgan fingerprint density at radius 1 is 1.30 bits per heavy atom. The number of aryl methyl sites for hydroxylation is 1. The van der Waals surface area contributed by atoms with Crippen molar-refractivity contribution in [2.75, 3.05) is 44.7 Å². The summed E-state index contributed by atoms with van der Waals surface area (Å²) in [5.74, 6) is 0.807. The van der Waals surface area contributed by atoms with E-state index in [1.54, 1.807) is 13.1 Å². The maximum absolute atomic E-state index is 9.64. The molecule has 1 aliphatic rings. The molecule has 1 atom stereocenters. The number of hydrogen-bond acceptors (Lipinski definition) is 6. The van der Waals surface area contributed by atoms with Crippen molar-refractivity contribution in [3.05, 3.63) is 28.1 Å². The lowest BCUT2D eigenvalue weighted by Gasteiger charge is -2.27. The molecule has 0 bridgehead atoms. The zero-order valence-corrected chi connectivity index (χ0v) is 19.3. The second-order valence-electron chi connectivity index (χ2n) is 7.89. The van der Waals surface area contributed by atoms with Crippen LogP contribution in [-0.2, 0) is 11.3 Å². The van der Waals surface area contributed by atoms with E-state index >= 15 is 0 Å². The van der Waals surface area contributed by atoms with Crippen molar-refractivity contribution < 1.29 is 9.84 Å². The van der Waals surface area contributed by atoms with Gasteiger partial charge in [-0.2, -0.15) is 0 Å². The molecule has 3 aromatic heterocycles. The molecule has 0 radical (unpaired) electrons. The van der Waals surface area contributed by atoms with Crippen LogP contribution in [-0.4, -0.2) is 75.0 Å². The highest BCUT2D eigenvalue weighted by atomic mass is 79.9. The van der Waals surface area contributed by atoms with Gasteiger partial charge in [-0.05, 0) is 42.8 Å². The highest BCUT2D eigenvalue weighted by molar-refractivity contribution is 9.10. The van der Waals surface area contributed by atoms with E-state index in [0.29, 0.717) is 12.2 Å². The fourth-order valence-corrected chi connectivity index (χ4v) is 4.38. The summed E-state index contributed by atoms with van der Waals surface area (Å²) >= 11 is 3.55. The first-order chi connectivity index (χ1) is 14.4. The van der Waals surface area contributed by atoms with Gasteiger partial charge in [-0.25, -0.2) is 9.97 Å². The molecule has 0 saturated carbocycles. The van der Waals surface area contributed by atoms with Crippen molar-refractivity contribution >= 4 is 32.8 Å². The molecular formula is C21H29BrN6O2. The summed E-state index contributed by atoms with van der Waals surface area (Å²) in [5.41, 5.74) is 5.85. The number of aliphatic hydroxyl groups is 1. The Morgan fingerprint density at radius 3 is 2.80 bits per heavy atom. The van der Waals surface area contributed by atoms with Crippen LogP contribution < -0.4 is 5.32 Å². The van der Waals surface area contributed by atoms with E-state index in [4.69, 9.17) is 9.72 Å². The fourth-order valence-electron chi connectivity index (χ4n) is 3.93. The zero-order chi connectivity index (χ0) is 21.3. The molecule has 9 heteroatoms. The molecule has 162 valence electrons. The van der Waals surface area contributed by atoms with Crippen LogP contribution in [0.15, 0.2) is 16.7 Å². The normalized spacial score (nSPS) is 16.3. The van der Waals surface area contributed by atoms with Gasteiger partial charge in [0.05, 0.1) is 29.5 Å². The van der Waals surface area contributed by atoms with Crippen molar-refractivity contribution in [3.8, 4) is 11.4 Å². The minimum atomic E-state index is -0.451. The Labute approximate surface area is 184 Å². The van der Waals surface area contributed by atoms with Gasteiger partial charge in [0.15, 0.2) is 5.65 Å². The minimum Gasteiger partial charge on any atom is -0.392 e. The molecule has 1 saturated heterocycles. The molecule has 3 N–H and O–H groups in total. The van der Waals surface area contributed by atoms with Gasteiger partial charge in [0.1, 0.15) is 11.3 Å². The molecule has 0 aromatic carbocycles. The molecule has 8 nitrogen and oxygen atoms in total. The van der Waals surface area contributed by atoms with Crippen LogP contribution in [0.4, 0.5) is 5.69 Å².